The second-order valence-electron chi connectivity index (χ2n) is 10.8. The maximum atomic E-state index is 11.6. The lowest BCUT2D eigenvalue weighted by molar-refractivity contribution is 0.316. The van der Waals surface area contributed by atoms with Crippen molar-refractivity contribution in [1.82, 2.24) is 0 Å². The van der Waals surface area contributed by atoms with Gasteiger partial charge >= 0.3 is 0 Å². The van der Waals surface area contributed by atoms with Gasteiger partial charge in [0, 0.05) is 16.5 Å². The molecule has 3 aliphatic rings. The summed E-state index contributed by atoms with van der Waals surface area (Å²) in [6, 6.07) is 12.9. The van der Waals surface area contributed by atoms with Crippen molar-refractivity contribution in [1.29, 1.82) is 0 Å². The molecule has 2 heteroatoms. The first-order valence-corrected chi connectivity index (χ1v) is 13.4. The molecule has 3 fully saturated rings. The van der Waals surface area contributed by atoms with E-state index in [2.05, 4.69) is 36.4 Å². The Hall–Kier alpha value is -1.96. The van der Waals surface area contributed by atoms with E-state index in [0.29, 0.717) is 23.3 Å². The normalized spacial score (nSPS) is 22.6. The molecular formula is C30H40O2. The molecule has 0 spiro atoms. The van der Waals surface area contributed by atoms with Crippen LogP contribution in [0.3, 0.4) is 0 Å². The van der Waals surface area contributed by atoms with Gasteiger partial charge < -0.3 is 10.2 Å². The number of hydrogen-bond acceptors (Lipinski definition) is 2. The Bertz CT molecular complexity index is 843. The molecule has 0 unspecified atom stereocenters. The molecule has 0 saturated heterocycles. The molecule has 32 heavy (non-hydrogen) atoms. The van der Waals surface area contributed by atoms with Crippen LogP contribution in [0.25, 0.3) is 0 Å². The van der Waals surface area contributed by atoms with Gasteiger partial charge in [0.15, 0.2) is 0 Å². The highest BCUT2D eigenvalue weighted by atomic mass is 16.3. The molecular weight excluding hydrogens is 392 g/mol. The lowest BCUT2D eigenvalue weighted by atomic mass is 9.63. The van der Waals surface area contributed by atoms with E-state index in [0.717, 1.165) is 47.9 Å². The van der Waals surface area contributed by atoms with Crippen LogP contribution in [-0.2, 0) is 5.41 Å². The van der Waals surface area contributed by atoms with Crippen LogP contribution in [0.5, 0.6) is 11.5 Å². The molecule has 0 atom stereocenters. The topological polar surface area (TPSA) is 40.5 Å². The van der Waals surface area contributed by atoms with Gasteiger partial charge in [0.25, 0.3) is 0 Å². The molecule has 2 nitrogen and oxygen atoms in total. The zero-order chi connectivity index (χ0) is 22.0. The van der Waals surface area contributed by atoms with Crippen molar-refractivity contribution in [3.63, 3.8) is 0 Å². The van der Waals surface area contributed by atoms with Crippen molar-refractivity contribution in [2.75, 3.05) is 0 Å². The third-order valence-corrected chi connectivity index (χ3v) is 8.96. The number of phenolic OH excluding ortho intramolecular Hbond substituents is 2. The fourth-order valence-corrected chi connectivity index (χ4v) is 7.22. The first-order valence-electron chi connectivity index (χ1n) is 13.4. The molecule has 3 saturated carbocycles. The number of aromatic hydroxyl groups is 2. The predicted octanol–water partition coefficient (Wildman–Crippen LogP) is 8.44. The number of rotatable bonds is 4. The maximum absolute atomic E-state index is 11.6. The molecule has 2 aromatic rings. The third kappa shape index (κ3) is 3.95. The van der Waals surface area contributed by atoms with E-state index in [1.54, 1.807) is 0 Å². The van der Waals surface area contributed by atoms with Crippen molar-refractivity contribution in [3.8, 4) is 11.5 Å². The van der Waals surface area contributed by atoms with Crippen molar-refractivity contribution >= 4 is 0 Å². The van der Waals surface area contributed by atoms with Gasteiger partial charge in [-0.05, 0) is 61.5 Å². The summed E-state index contributed by atoms with van der Waals surface area (Å²) < 4.78 is 0. The average molecular weight is 433 g/mol. The zero-order valence-corrected chi connectivity index (χ0v) is 19.6. The highest BCUT2D eigenvalue weighted by Gasteiger charge is 2.41. The van der Waals surface area contributed by atoms with E-state index in [4.69, 9.17) is 0 Å². The van der Waals surface area contributed by atoms with Gasteiger partial charge in [0.2, 0.25) is 0 Å². The summed E-state index contributed by atoms with van der Waals surface area (Å²) in [5.41, 5.74) is 4.15. The first kappa shape index (κ1) is 21.9. The second kappa shape index (κ2) is 9.49. The van der Waals surface area contributed by atoms with Crippen LogP contribution < -0.4 is 0 Å². The molecule has 2 aromatic carbocycles. The summed E-state index contributed by atoms with van der Waals surface area (Å²) in [6.07, 6.45) is 18.0. The largest absolute Gasteiger partial charge is 0.507 e. The Kier molecular flexibility index (Phi) is 6.49. The summed E-state index contributed by atoms with van der Waals surface area (Å²) in [5.74, 6) is 1.99. The Morgan fingerprint density at radius 2 is 0.938 bits per heavy atom. The van der Waals surface area contributed by atoms with Crippen LogP contribution in [0.4, 0.5) is 0 Å². The minimum atomic E-state index is -0.276. The Morgan fingerprint density at radius 1 is 0.531 bits per heavy atom. The Morgan fingerprint density at radius 3 is 1.38 bits per heavy atom. The van der Waals surface area contributed by atoms with E-state index in [-0.39, 0.29) is 5.41 Å². The molecule has 3 aliphatic carbocycles. The van der Waals surface area contributed by atoms with Crippen LogP contribution >= 0.6 is 0 Å². The van der Waals surface area contributed by atoms with E-state index in [9.17, 15) is 10.2 Å². The fraction of sp³-hybridized carbons (Fsp3) is 0.600. The summed E-state index contributed by atoms with van der Waals surface area (Å²) >= 11 is 0. The lowest BCUT2D eigenvalue weighted by Crippen LogP contribution is -2.31. The standard InChI is InChI=1S/C30H40O2/c31-28-24(22-12-4-1-5-13-22)16-10-18-26(28)30(20-8-3-9-21-30)27-19-11-17-25(29(27)32)23-14-6-2-7-15-23/h10-11,16-19,22-23,31-32H,1-9,12-15,20-21H2. The van der Waals surface area contributed by atoms with Gasteiger partial charge in [-0.15, -0.1) is 0 Å². The molecule has 0 radical (unpaired) electrons. The number of benzene rings is 2. The molecule has 0 aromatic heterocycles. The van der Waals surface area contributed by atoms with Gasteiger partial charge in [0.1, 0.15) is 11.5 Å². The monoisotopic (exact) mass is 432 g/mol. The molecule has 0 amide bonds. The van der Waals surface area contributed by atoms with Gasteiger partial charge in [-0.25, -0.2) is 0 Å². The van der Waals surface area contributed by atoms with Gasteiger partial charge in [-0.3, -0.25) is 0 Å². The smallest absolute Gasteiger partial charge is 0.123 e. The van der Waals surface area contributed by atoms with Crippen molar-refractivity contribution in [3.05, 3.63) is 58.7 Å². The maximum Gasteiger partial charge on any atom is 0.123 e. The van der Waals surface area contributed by atoms with E-state index >= 15 is 0 Å². The van der Waals surface area contributed by atoms with Crippen molar-refractivity contribution in [2.45, 2.75) is 114 Å². The summed E-state index contributed by atoms with van der Waals surface area (Å²) in [7, 11) is 0. The van der Waals surface area contributed by atoms with Crippen molar-refractivity contribution < 1.29 is 10.2 Å². The van der Waals surface area contributed by atoms with Crippen LogP contribution in [0, 0.1) is 0 Å². The Balaban J connectivity index is 1.60. The summed E-state index contributed by atoms with van der Waals surface area (Å²) in [5, 5.41) is 23.3. The highest BCUT2D eigenvalue weighted by Crippen LogP contribution is 2.53. The quantitative estimate of drug-likeness (QED) is 0.509. The van der Waals surface area contributed by atoms with E-state index < -0.39 is 0 Å². The molecule has 0 aliphatic heterocycles. The third-order valence-electron chi connectivity index (χ3n) is 8.96. The molecule has 172 valence electrons. The number of para-hydroxylation sites is 2. The lowest BCUT2D eigenvalue weighted by Gasteiger charge is -2.40. The van der Waals surface area contributed by atoms with Gasteiger partial charge in [0.05, 0.1) is 0 Å². The number of phenols is 2. The summed E-state index contributed by atoms with van der Waals surface area (Å²) in [6.45, 7) is 0. The fourth-order valence-electron chi connectivity index (χ4n) is 7.22. The first-order chi connectivity index (χ1) is 15.7. The molecule has 5 rings (SSSR count). The van der Waals surface area contributed by atoms with Crippen LogP contribution in [-0.4, -0.2) is 10.2 Å². The Labute approximate surface area is 194 Å². The SMILES string of the molecule is Oc1c(C2CCCCC2)cccc1C1(c2cccc(C3CCCCC3)c2O)CCCCC1. The zero-order valence-electron chi connectivity index (χ0n) is 19.6. The number of hydrogen-bond donors (Lipinski definition) is 2. The van der Waals surface area contributed by atoms with Crippen molar-refractivity contribution in [2.24, 2.45) is 0 Å². The minimum Gasteiger partial charge on any atom is -0.507 e. The van der Waals surface area contributed by atoms with Crippen LogP contribution in [0.1, 0.15) is 130 Å². The molecule has 0 bridgehead atoms. The van der Waals surface area contributed by atoms with E-state index in [1.807, 2.05) is 0 Å². The molecule has 2 N–H and O–H groups in total. The minimum absolute atomic E-state index is 0.276. The van der Waals surface area contributed by atoms with Crippen LogP contribution in [0.15, 0.2) is 36.4 Å². The highest BCUT2D eigenvalue weighted by molar-refractivity contribution is 5.57. The second-order valence-corrected chi connectivity index (χ2v) is 10.8. The van der Waals surface area contributed by atoms with Gasteiger partial charge in [-0.1, -0.05) is 94.2 Å². The van der Waals surface area contributed by atoms with Crippen LogP contribution in [0.2, 0.25) is 0 Å². The van der Waals surface area contributed by atoms with Gasteiger partial charge in [-0.2, -0.15) is 0 Å². The molecule has 0 heterocycles. The average Bonchev–Trinajstić information content (AvgIpc) is 2.86. The van der Waals surface area contributed by atoms with E-state index in [1.165, 1.54) is 70.6 Å². The summed E-state index contributed by atoms with van der Waals surface area (Å²) in [4.78, 5) is 0. The predicted molar refractivity (Wildman–Crippen MR) is 132 cm³/mol.